The van der Waals surface area contributed by atoms with E-state index in [1.807, 2.05) is 19.9 Å². The Kier molecular flexibility index (Phi) is 5.58. The van der Waals surface area contributed by atoms with Gasteiger partial charge in [0.05, 0.1) is 11.6 Å². The van der Waals surface area contributed by atoms with Crippen LogP contribution in [-0.4, -0.2) is 31.5 Å². The molecule has 0 spiro atoms. The van der Waals surface area contributed by atoms with Crippen molar-refractivity contribution in [3.05, 3.63) is 36.0 Å². The fraction of sp³-hybridized carbons (Fsp3) is 0.474. The molecule has 2 aromatic rings. The van der Waals surface area contributed by atoms with Gasteiger partial charge in [-0.1, -0.05) is 31.9 Å². The molecule has 1 heterocycles. The highest BCUT2D eigenvalue weighted by atomic mass is 32.2. The molecule has 0 aliphatic heterocycles. The number of carbonyl (C=O) groups excluding carboxylic acids is 1. The van der Waals surface area contributed by atoms with Crippen molar-refractivity contribution in [3.63, 3.8) is 0 Å². The van der Waals surface area contributed by atoms with E-state index in [0.29, 0.717) is 11.9 Å². The van der Waals surface area contributed by atoms with E-state index in [9.17, 15) is 13.2 Å². The van der Waals surface area contributed by atoms with Crippen LogP contribution in [0.15, 0.2) is 35.4 Å². The van der Waals surface area contributed by atoms with Crippen molar-refractivity contribution >= 4 is 26.8 Å². The maximum atomic E-state index is 12.8. The highest BCUT2D eigenvalue weighted by Crippen LogP contribution is 2.24. The predicted octanol–water partition coefficient (Wildman–Crippen LogP) is 3.09. The van der Waals surface area contributed by atoms with Crippen LogP contribution in [0.3, 0.4) is 0 Å². The summed E-state index contributed by atoms with van der Waals surface area (Å²) in [4.78, 5) is 16.7. The zero-order valence-corrected chi connectivity index (χ0v) is 15.9. The van der Waals surface area contributed by atoms with Gasteiger partial charge in [-0.15, -0.1) is 0 Å². The van der Waals surface area contributed by atoms with Crippen LogP contribution in [0, 0.1) is 6.92 Å². The van der Waals surface area contributed by atoms with E-state index in [-0.39, 0.29) is 11.0 Å². The van der Waals surface area contributed by atoms with E-state index < -0.39 is 22.0 Å². The fourth-order valence-corrected chi connectivity index (χ4v) is 4.50. The molecule has 1 fully saturated rings. The number of sulfonamides is 1. The van der Waals surface area contributed by atoms with E-state index in [0.717, 1.165) is 36.6 Å². The van der Waals surface area contributed by atoms with E-state index >= 15 is 0 Å². The number of para-hydroxylation sites is 1. The second-order valence-corrected chi connectivity index (χ2v) is 8.40. The third-order valence-electron chi connectivity index (χ3n) is 4.66. The van der Waals surface area contributed by atoms with Gasteiger partial charge < -0.3 is 4.74 Å². The number of nitrogens with zero attached hydrogens (tertiary/aromatic N) is 1. The first-order valence-corrected chi connectivity index (χ1v) is 10.5. The topological polar surface area (TPSA) is 85.4 Å². The minimum atomic E-state index is -4.03. The van der Waals surface area contributed by atoms with Gasteiger partial charge in [0.1, 0.15) is 11.0 Å². The number of amides is 1. The Morgan fingerprint density at radius 2 is 2.08 bits per heavy atom. The van der Waals surface area contributed by atoms with Gasteiger partial charge in [0.25, 0.3) is 15.9 Å². The summed E-state index contributed by atoms with van der Waals surface area (Å²) in [6.45, 7) is 3.70. The lowest BCUT2D eigenvalue weighted by Crippen LogP contribution is -2.41. The SMILES string of the molecule is CC[C@H](OC1CCCC1)C(=O)NS(=O)(=O)c1cccc2cc(C)cnc12. The molecule has 1 atom stereocenters. The van der Waals surface area contributed by atoms with Crippen molar-refractivity contribution in [2.45, 2.75) is 63.1 Å². The van der Waals surface area contributed by atoms with Crippen LogP contribution in [0.25, 0.3) is 10.9 Å². The number of pyridine rings is 1. The second kappa shape index (κ2) is 7.72. The van der Waals surface area contributed by atoms with E-state index in [1.54, 1.807) is 18.3 Å². The molecular weight excluding hydrogens is 352 g/mol. The second-order valence-electron chi connectivity index (χ2n) is 6.75. The summed E-state index contributed by atoms with van der Waals surface area (Å²) in [6, 6.07) is 6.77. The molecule has 140 valence electrons. The van der Waals surface area contributed by atoms with Gasteiger partial charge >= 0.3 is 0 Å². The first kappa shape index (κ1) is 18.8. The van der Waals surface area contributed by atoms with Gasteiger partial charge in [-0.3, -0.25) is 9.78 Å². The first-order chi connectivity index (χ1) is 12.4. The molecule has 1 amide bonds. The largest absolute Gasteiger partial charge is 0.365 e. The van der Waals surface area contributed by atoms with Gasteiger partial charge in [0, 0.05) is 11.6 Å². The Morgan fingerprint density at radius 1 is 1.35 bits per heavy atom. The molecule has 0 bridgehead atoms. The number of carbonyl (C=O) groups is 1. The van der Waals surface area contributed by atoms with Crippen molar-refractivity contribution in [2.24, 2.45) is 0 Å². The average molecular weight is 376 g/mol. The quantitative estimate of drug-likeness (QED) is 0.837. The Labute approximate surface area is 154 Å². The molecule has 7 heteroatoms. The summed E-state index contributed by atoms with van der Waals surface area (Å²) in [5, 5.41) is 0.717. The van der Waals surface area contributed by atoms with Gasteiger partial charge in [-0.2, -0.15) is 0 Å². The molecule has 3 rings (SSSR count). The lowest BCUT2D eigenvalue weighted by atomic mass is 10.2. The molecule has 0 radical (unpaired) electrons. The molecule has 26 heavy (non-hydrogen) atoms. The Morgan fingerprint density at radius 3 is 2.77 bits per heavy atom. The number of aryl methyl sites for hydroxylation is 1. The molecular formula is C19H24N2O4S. The van der Waals surface area contributed by atoms with E-state index in [2.05, 4.69) is 9.71 Å². The summed E-state index contributed by atoms with van der Waals surface area (Å²) in [5.74, 6) is -0.622. The van der Waals surface area contributed by atoms with Crippen molar-refractivity contribution in [1.82, 2.24) is 9.71 Å². The average Bonchev–Trinajstić information content (AvgIpc) is 3.11. The maximum Gasteiger partial charge on any atom is 0.266 e. The summed E-state index contributed by atoms with van der Waals surface area (Å²) >= 11 is 0. The van der Waals surface area contributed by atoms with Crippen molar-refractivity contribution in [3.8, 4) is 0 Å². The van der Waals surface area contributed by atoms with Gasteiger partial charge in [0.15, 0.2) is 0 Å². The van der Waals surface area contributed by atoms with E-state index in [4.69, 9.17) is 4.74 Å². The normalized spacial score (nSPS) is 16.7. The Balaban J connectivity index is 1.82. The minimum absolute atomic E-state index is 0.000862. The molecule has 1 N–H and O–H groups in total. The number of hydrogen-bond donors (Lipinski definition) is 1. The standard InChI is InChI=1S/C19H24N2O4S/c1-3-16(25-15-8-4-5-9-15)19(22)21-26(23,24)17-10-6-7-14-11-13(2)12-20-18(14)17/h6-7,10-12,15-16H,3-5,8-9H2,1-2H3,(H,21,22)/t16-/m0/s1. The smallest absolute Gasteiger partial charge is 0.266 e. The number of ether oxygens (including phenoxy) is 1. The fourth-order valence-electron chi connectivity index (χ4n) is 3.31. The van der Waals surface area contributed by atoms with Gasteiger partial charge in [0.2, 0.25) is 0 Å². The summed E-state index contributed by atoms with van der Waals surface area (Å²) < 4.78 is 33.5. The lowest BCUT2D eigenvalue weighted by Gasteiger charge is -2.20. The summed E-state index contributed by atoms with van der Waals surface area (Å²) in [6.07, 6.45) is 5.32. The number of rotatable bonds is 6. The first-order valence-electron chi connectivity index (χ1n) is 8.98. The van der Waals surface area contributed by atoms with Crippen molar-refractivity contribution in [2.75, 3.05) is 0 Å². The molecule has 0 unspecified atom stereocenters. The zero-order valence-electron chi connectivity index (χ0n) is 15.1. The van der Waals surface area contributed by atoms with Crippen LogP contribution in [0.5, 0.6) is 0 Å². The summed E-state index contributed by atoms with van der Waals surface area (Å²) in [5.41, 5.74) is 1.29. The number of fused-ring (bicyclic) bond motifs is 1. The number of benzene rings is 1. The van der Waals surface area contributed by atoms with Crippen LogP contribution in [0.1, 0.15) is 44.6 Å². The lowest BCUT2D eigenvalue weighted by molar-refractivity contribution is -0.134. The van der Waals surface area contributed by atoms with Gasteiger partial charge in [-0.25, -0.2) is 13.1 Å². The highest BCUT2D eigenvalue weighted by Gasteiger charge is 2.28. The molecule has 1 aliphatic carbocycles. The molecule has 1 aromatic carbocycles. The molecule has 1 saturated carbocycles. The minimum Gasteiger partial charge on any atom is -0.365 e. The van der Waals surface area contributed by atoms with Gasteiger partial charge in [-0.05, 0) is 43.9 Å². The Hall–Kier alpha value is -1.99. The summed E-state index contributed by atoms with van der Waals surface area (Å²) in [7, 11) is -4.03. The highest BCUT2D eigenvalue weighted by molar-refractivity contribution is 7.90. The van der Waals surface area contributed by atoms with Crippen LogP contribution in [-0.2, 0) is 19.6 Å². The van der Waals surface area contributed by atoms with Crippen LogP contribution < -0.4 is 4.72 Å². The molecule has 0 saturated heterocycles. The molecule has 1 aromatic heterocycles. The number of nitrogens with one attached hydrogen (secondary N) is 1. The third kappa shape index (κ3) is 4.04. The third-order valence-corrected chi connectivity index (χ3v) is 6.04. The van der Waals surface area contributed by atoms with Crippen LogP contribution in [0.2, 0.25) is 0 Å². The number of aromatic nitrogens is 1. The Bertz CT molecular complexity index is 905. The predicted molar refractivity (Wildman–Crippen MR) is 99.2 cm³/mol. The molecule has 1 aliphatic rings. The van der Waals surface area contributed by atoms with Crippen molar-refractivity contribution < 1.29 is 17.9 Å². The van der Waals surface area contributed by atoms with Crippen molar-refractivity contribution in [1.29, 1.82) is 0 Å². The van der Waals surface area contributed by atoms with E-state index in [1.165, 1.54) is 6.07 Å². The van der Waals surface area contributed by atoms with Crippen LogP contribution >= 0.6 is 0 Å². The number of hydrogen-bond acceptors (Lipinski definition) is 5. The zero-order chi connectivity index (χ0) is 18.7. The maximum absolute atomic E-state index is 12.8. The monoisotopic (exact) mass is 376 g/mol. The molecule has 6 nitrogen and oxygen atoms in total. The van der Waals surface area contributed by atoms with Crippen LogP contribution in [0.4, 0.5) is 0 Å².